The number of pyridine rings is 1. The lowest BCUT2D eigenvalue weighted by molar-refractivity contribution is -0.165. The lowest BCUT2D eigenvalue weighted by atomic mass is 9.52. The van der Waals surface area contributed by atoms with Crippen LogP contribution < -0.4 is 20.7 Å². The van der Waals surface area contributed by atoms with E-state index in [1.165, 1.54) is 0 Å². The van der Waals surface area contributed by atoms with E-state index in [2.05, 4.69) is 31.0 Å². The van der Waals surface area contributed by atoms with Crippen LogP contribution in [0.5, 0.6) is 5.88 Å². The first kappa shape index (κ1) is 21.6. The Labute approximate surface area is 194 Å². The largest absolute Gasteiger partial charge is 0.497 e. The number of nitrogens with zero attached hydrogens (tertiary/aromatic N) is 4. The van der Waals surface area contributed by atoms with E-state index in [0.717, 1.165) is 26.1 Å². The fourth-order valence-corrected chi connectivity index (χ4v) is 4.34. The SMILES string of the molecule is BC(B)(B)Oc1ncccc1Nc1cc(NC)n2ncc(C(=O)NC3CC4(COC4)C3)c2n1. The molecule has 4 heterocycles. The van der Waals surface area contributed by atoms with Gasteiger partial charge in [0.1, 0.15) is 46.4 Å². The highest BCUT2D eigenvalue weighted by Gasteiger charge is 2.50. The molecule has 0 unspecified atom stereocenters. The minimum Gasteiger partial charge on any atom is -0.497 e. The molecule has 1 spiro atoms. The van der Waals surface area contributed by atoms with Gasteiger partial charge in [-0.25, -0.2) is 9.97 Å². The molecule has 3 N–H and O–H groups in total. The van der Waals surface area contributed by atoms with Gasteiger partial charge >= 0.3 is 0 Å². The van der Waals surface area contributed by atoms with Crippen molar-refractivity contribution in [3.8, 4) is 5.88 Å². The van der Waals surface area contributed by atoms with Gasteiger partial charge in [0.15, 0.2) is 5.65 Å². The van der Waals surface area contributed by atoms with Gasteiger partial charge in [0, 0.05) is 36.1 Å². The van der Waals surface area contributed by atoms with Gasteiger partial charge in [-0.3, -0.25) is 4.79 Å². The smallest absolute Gasteiger partial charge is 0.256 e. The Kier molecular flexibility index (Phi) is 5.23. The molecule has 3 aromatic rings. The van der Waals surface area contributed by atoms with Gasteiger partial charge in [-0.1, -0.05) is 0 Å². The summed E-state index contributed by atoms with van der Waals surface area (Å²) < 4.78 is 12.9. The normalized spacial score (nSPS) is 17.2. The highest BCUT2D eigenvalue weighted by molar-refractivity contribution is 6.58. The number of amides is 1. The molecule has 2 aliphatic rings. The number of anilines is 3. The zero-order chi connectivity index (χ0) is 23.2. The second kappa shape index (κ2) is 7.98. The summed E-state index contributed by atoms with van der Waals surface area (Å²) in [5.74, 6) is 1.54. The Balaban J connectivity index is 1.41. The number of nitrogens with one attached hydrogen (secondary N) is 3. The predicted octanol–water partition coefficient (Wildman–Crippen LogP) is -1.29. The monoisotopic (exact) mass is 445 g/mol. The molecule has 1 aliphatic carbocycles. The summed E-state index contributed by atoms with van der Waals surface area (Å²) in [6.45, 7) is 1.60. The van der Waals surface area contributed by atoms with Crippen molar-refractivity contribution >= 4 is 52.4 Å². The maximum atomic E-state index is 13.0. The Morgan fingerprint density at radius 3 is 2.79 bits per heavy atom. The first-order chi connectivity index (χ1) is 15.8. The van der Waals surface area contributed by atoms with Gasteiger partial charge in [0.2, 0.25) is 5.88 Å². The number of carbonyl (C=O) groups is 1. The summed E-state index contributed by atoms with van der Waals surface area (Å²) in [6.07, 6.45) is 5.15. The van der Waals surface area contributed by atoms with Crippen molar-refractivity contribution in [2.24, 2.45) is 5.41 Å². The van der Waals surface area contributed by atoms with Crippen LogP contribution in [0.15, 0.2) is 30.6 Å². The Bertz CT molecular complexity index is 1200. The summed E-state index contributed by atoms with van der Waals surface area (Å²) in [5, 5.41) is 13.5. The molecule has 1 saturated carbocycles. The number of carbonyl (C=O) groups excluding carboxylic acids is 1. The van der Waals surface area contributed by atoms with Crippen LogP contribution in [-0.4, -0.2) is 80.6 Å². The average molecular weight is 445 g/mol. The first-order valence-corrected chi connectivity index (χ1v) is 11.1. The lowest BCUT2D eigenvalue weighted by Gasteiger charge is -2.53. The van der Waals surface area contributed by atoms with Crippen molar-refractivity contribution in [2.75, 3.05) is 30.9 Å². The molecule has 2 fully saturated rings. The van der Waals surface area contributed by atoms with E-state index < -0.39 is 5.30 Å². The molecule has 1 aliphatic heterocycles. The molecule has 0 atom stereocenters. The number of rotatable bonds is 7. The van der Waals surface area contributed by atoms with E-state index in [1.807, 2.05) is 41.7 Å². The molecule has 3 aromatic heterocycles. The number of hydrogen-bond acceptors (Lipinski definition) is 8. The Morgan fingerprint density at radius 1 is 1.33 bits per heavy atom. The third-order valence-corrected chi connectivity index (χ3v) is 5.92. The van der Waals surface area contributed by atoms with Crippen molar-refractivity contribution in [1.29, 1.82) is 0 Å². The minimum absolute atomic E-state index is 0.161. The molecule has 1 saturated heterocycles. The van der Waals surface area contributed by atoms with Crippen LogP contribution in [0, 0.1) is 5.41 Å². The van der Waals surface area contributed by atoms with Crippen LogP contribution in [0.3, 0.4) is 0 Å². The maximum Gasteiger partial charge on any atom is 0.256 e. The first-order valence-electron chi connectivity index (χ1n) is 11.1. The van der Waals surface area contributed by atoms with Crippen LogP contribution in [0.25, 0.3) is 5.65 Å². The van der Waals surface area contributed by atoms with Gasteiger partial charge in [-0.15, -0.1) is 0 Å². The third kappa shape index (κ3) is 4.24. The van der Waals surface area contributed by atoms with Gasteiger partial charge in [0.05, 0.1) is 19.4 Å². The van der Waals surface area contributed by atoms with Crippen molar-refractivity contribution in [3.63, 3.8) is 0 Å². The van der Waals surface area contributed by atoms with Crippen molar-refractivity contribution in [3.05, 3.63) is 36.2 Å². The summed E-state index contributed by atoms with van der Waals surface area (Å²) in [4.78, 5) is 22.1. The highest BCUT2D eigenvalue weighted by atomic mass is 16.5. The van der Waals surface area contributed by atoms with Gasteiger partial charge < -0.3 is 25.4 Å². The second-order valence-electron chi connectivity index (χ2n) is 9.84. The maximum absolute atomic E-state index is 13.0. The molecule has 5 rings (SSSR count). The van der Waals surface area contributed by atoms with Crippen LogP contribution in [-0.2, 0) is 4.74 Å². The molecule has 0 bridgehead atoms. The Hall–Kier alpha value is -3.21. The summed E-state index contributed by atoms with van der Waals surface area (Å²) in [5.41, 5.74) is 1.85. The molecule has 0 aromatic carbocycles. The fraction of sp³-hybridized carbons (Fsp3) is 0.400. The fourth-order valence-electron chi connectivity index (χ4n) is 4.34. The van der Waals surface area contributed by atoms with E-state index in [-0.39, 0.29) is 17.4 Å². The molecule has 0 radical (unpaired) electrons. The number of aromatic nitrogens is 4. The van der Waals surface area contributed by atoms with Crippen molar-refractivity contribution in [2.45, 2.75) is 24.2 Å². The molecule has 33 heavy (non-hydrogen) atoms. The topological polar surface area (TPSA) is 115 Å². The molecular weight excluding hydrogens is 419 g/mol. The van der Waals surface area contributed by atoms with E-state index in [0.29, 0.717) is 34.4 Å². The van der Waals surface area contributed by atoms with Crippen LogP contribution in [0.2, 0.25) is 0 Å². The summed E-state index contributed by atoms with van der Waals surface area (Å²) >= 11 is 0. The third-order valence-electron chi connectivity index (χ3n) is 5.92. The summed E-state index contributed by atoms with van der Waals surface area (Å²) in [6, 6.07) is 5.68. The molecule has 1 amide bonds. The zero-order valence-electron chi connectivity index (χ0n) is 19.3. The standard InChI is InChI=1S/C20H26B3N7O3/c1-24-15-5-14(28-13-3-2-4-25-18(13)33-20(21,22)23)29-16-12(8-26-30(15)16)17(31)27-11-6-19(7-11)9-32-10-19/h2-5,8,11,24H,6-7,9-10,21-23H2,1H3,(H,27,31)(H,28,29). The second-order valence-corrected chi connectivity index (χ2v) is 9.84. The lowest BCUT2D eigenvalue weighted by Crippen LogP contribution is -2.59. The molecule has 13 heteroatoms. The quantitative estimate of drug-likeness (QED) is 0.386. The average Bonchev–Trinajstić information content (AvgIpc) is 3.12. The van der Waals surface area contributed by atoms with E-state index in [4.69, 9.17) is 9.47 Å². The number of hydrogen-bond donors (Lipinski definition) is 3. The van der Waals surface area contributed by atoms with Gasteiger partial charge in [-0.05, 0) is 25.0 Å². The Morgan fingerprint density at radius 2 is 2.12 bits per heavy atom. The van der Waals surface area contributed by atoms with Crippen molar-refractivity contribution in [1.82, 2.24) is 24.9 Å². The minimum atomic E-state index is -0.402. The molecule has 168 valence electrons. The van der Waals surface area contributed by atoms with E-state index >= 15 is 0 Å². The summed E-state index contributed by atoms with van der Waals surface area (Å²) in [7, 11) is 7.70. The van der Waals surface area contributed by atoms with E-state index in [1.54, 1.807) is 24.0 Å². The molecule has 10 nitrogen and oxygen atoms in total. The van der Waals surface area contributed by atoms with Gasteiger partial charge in [-0.2, -0.15) is 9.61 Å². The highest BCUT2D eigenvalue weighted by Crippen LogP contribution is 2.46. The number of ether oxygens (including phenoxy) is 2. The zero-order valence-corrected chi connectivity index (χ0v) is 19.3. The molecular formula is C20H26B3N7O3. The van der Waals surface area contributed by atoms with Crippen molar-refractivity contribution < 1.29 is 14.3 Å². The van der Waals surface area contributed by atoms with Crippen LogP contribution in [0.4, 0.5) is 17.3 Å². The van der Waals surface area contributed by atoms with Gasteiger partial charge in [0.25, 0.3) is 5.91 Å². The van der Waals surface area contributed by atoms with Crippen LogP contribution >= 0.6 is 0 Å². The number of fused-ring (bicyclic) bond motifs is 1. The predicted molar refractivity (Wildman–Crippen MR) is 133 cm³/mol. The van der Waals surface area contributed by atoms with E-state index in [9.17, 15) is 4.79 Å². The van der Waals surface area contributed by atoms with Crippen LogP contribution in [0.1, 0.15) is 23.2 Å².